The van der Waals surface area contributed by atoms with Gasteiger partial charge in [0.15, 0.2) is 0 Å². The van der Waals surface area contributed by atoms with Crippen LogP contribution in [0.25, 0.3) is 0 Å². The fourth-order valence-corrected chi connectivity index (χ4v) is 2.29. The first kappa shape index (κ1) is 10.6. The van der Waals surface area contributed by atoms with Gasteiger partial charge in [0.2, 0.25) is 0 Å². The highest BCUT2D eigenvalue weighted by Crippen LogP contribution is 2.27. The van der Waals surface area contributed by atoms with Crippen LogP contribution in [0.2, 0.25) is 0 Å². The van der Waals surface area contributed by atoms with Crippen molar-refractivity contribution in [2.24, 2.45) is 5.92 Å². The van der Waals surface area contributed by atoms with Crippen LogP contribution in [-0.2, 0) is 6.42 Å². The first-order valence-corrected chi connectivity index (χ1v) is 5.78. The Kier molecular flexibility index (Phi) is 3.79. The lowest BCUT2D eigenvalue weighted by molar-refractivity contribution is 0.689. The summed E-state index contributed by atoms with van der Waals surface area (Å²) in [6.07, 6.45) is 1.13. The molecule has 0 saturated heterocycles. The summed E-state index contributed by atoms with van der Waals surface area (Å²) in [5, 5.41) is 4.87. The topological polar surface area (TPSA) is 12.0 Å². The van der Waals surface area contributed by atoms with E-state index >= 15 is 0 Å². The Bertz CT molecular complexity index is 263. The smallest absolute Gasteiger partial charge is 0.0917 e. The molecular formula is C11H19NS. The molecule has 0 fully saturated rings. The standard InChI is InChI=1S/C11H19NS/c1-5-10-6-9(4)13-11(10)12-7-8(2)3/h6,8,12H,5,7H2,1-4H3. The third-order valence-electron chi connectivity index (χ3n) is 1.98. The van der Waals surface area contributed by atoms with Crippen LogP contribution < -0.4 is 5.32 Å². The lowest BCUT2D eigenvalue weighted by atomic mass is 10.2. The Hall–Kier alpha value is -0.500. The summed E-state index contributed by atoms with van der Waals surface area (Å²) in [5.74, 6) is 0.715. The van der Waals surface area contributed by atoms with Gasteiger partial charge in [-0.1, -0.05) is 20.8 Å². The first-order valence-electron chi connectivity index (χ1n) is 4.96. The lowest BCUT2D eigenvalue weighted by Gasteiger charge is -2.08. The average Bonchev–Trinajstić information content (AvgIpc) is 2.42. The summed E-state index contributed by atoms with van der Waals surface area (Å²) in [4.78, 5) is 1.41. The summed E-state index contributed by atoms with van der Waals surface area (Å²) in [7, 11) is 0. The molecule has 0 radical (unpaired) electrons. The van der Waals surface area contributed by atoms with E-state index in [1.165, 1.54) is 15.4 Å². The summed E-state index contributed by atoms with van der Waals surface area (Å²) in [6.45, 7) is 9.93. The van der Waals surface area contributed by atoms with Crippen LogP contribution in [0, 0.1) is 12.8 Å². The zero-order valence-electron chi connectivity index (χ0n) is 8.98. The van der Waals surface area contributed by atoms with Crippen molar-refractivity contribution in [1.29, 1.82) is 0 Å². The predicted molar refractivity (Wildman–Crippen MR) is 61.8 cm³/mol. The average molecular weight is 197 g/mol. The van der Waals surface area contributed by atoms with Gasteiger partial charge in [-0.05, 0) is 30.9 Å². The summed E-state index contributed by atoms with van der Waals surface area (Å²) in [6, 6.07) is 2.29. The fourth-order valence-electron chi connectivity index (χ4n) is 1.28. The number of hydrogen-bond acceptors (Lipinski definition) is 2. The third-order valence-corrected chi connectivity index (χ3v) is 3.03. The molecule has 1 aromatic rings. The molecule has 2 heteroatoms. The molecule has 0 amide bonds. The number of rotatable bonds is 4. The molecule has 74 valence electrons. The number of aryl methyl sites for hydroxylation is 2. The van der Waals surface area contributed by atoms with E-state index in [2.05, 4.69) is 39.1 Å². The predicted octanol–water partition coefficient (Wildman–Crippen LogP) is 3.69. The molecule has 1 nitrogen and oxygen atoms in total. The van der Waals surface area contributed by atoms with E-state index < -0.39 is 0 Å². The van der Waals surface area contributed by atoms with Gasteiger partial charge >= 0.3 is 0 Å². The van der Waals surface area contributed by atoms with E-state index in [0.717, 1.165) is 13.0 Å². The maximum absolute atomic E-state index is 3.50. The third kappa shape index (κ3) is 3.03. The minimum atomic E-state index is 0.715. The van der Waals surface area contributed by atoms with Gasteiger partial charge in [-0.25, -0.2) is 0 Å². The largest absolute Gasteiger partial charge is 0.376 e. The van der Waals surface area contributed by atoms with Crippen molar-refractivity contribution in [2.75, 3.05) is 11.9 Å². The number of thiophene rings is 1. The summed E-state index contributed by atoms with van der Waals surface area (Å²) < 4.78 is 0. The molecule has 0 atom stereocenters. The van der Waals surface area contributed by atoms with Gasteiger partial charge in [0, 0.05) is 11.4 Å². The highest BCUT2D eigenvalue weighted by atomic mass is 32.1. The minimum Gasteiger partial charge on any atom is -0.376 e. The molecule has 1 aromatic heterocycles. The van der Waals surface area contributed by atoms with Crippen LogP contribution in [0.5, 0.6) is 0 Å². The molecule has 0 saturated carbocycles. The fraction of sp³-hybridized carbons (Fsp3) is 0.636. The van der Waals surface area contributed by atoms with Crippen molar-refractivity contribution in [3.05, 3.63) is 16.5 Å². The Labute approximate surface area is 85.2 Å². The van der Waals surface area contributed by atoms with E-state index in [0.29, 0.717) is 5.92 Å². The maximum Gasteiger partial charge on any atom is 0.0917 e. The van der Waals surface area contributed by atoms with E-state index in [9.17, 15) is 0 Å². The van der Waals surface area contributed by atoms with Crippen LogP contribution in [0.4, 0.5) is 5.00 Å². The van der Waals surface area contributed by atoms with Gasteiger partial charge in [0.1, 0.15) is 0 Å². The van der Waals surface area contributed by atoms with Crippen molar-refractivity contribution in [1.82, 2.24) is 0 Å². The Morgan fingerprint density at radius 3 is 2.69 bits per heavy atom. The van der Waals surface area contributed by atoms with E-state index in [4.69, 9.17) is 0 Å². The molecule has 1 N–H and O–H groups in total. The zero-order valence-corrected chi connectivity index (χ0v) is 9.79. The van der Waals surface area contributed by atoms with E-state index in [1.807, 2.05) is 11.3 Å². The molecule has 0 bridgehead atoms. The quantitative estimate of drug-likeness (QED) is 0.776. The second kappa shape index (κ2) is 4.66. The molecule has 13 heavy (non-hydrogen) atoms. The van der Waals surface area contributed by atoms with Gasteiger partial charge in [0.25, 0.3) is 0 Å². The Morgan fingerprint density at radius 2 is 2.15 bits per heavy atom. The Balaban J connectivity index is 2.64. The van der Waals surface area contributed by atoms with Crippen molar-refractivity contribution >= 4 is 16.3 Å². The molecule has 1 heterocycles. The zero-order chi connectivity index (χ0) is 9.84. The number of nitrogens with one attached hydrogen (secondary N) is 1. The summed E-state index contributed by atoms with van der Waals surface area (Å²) in [5.41, 5.74) is 1.46. The van der Waals surface area contributed by atoms with Crippen LogP contribution in [0.3, 0.4) is 0 Å². The van der Waals surface area contributed by atoms with Crippen LogP contribution in [0.1, 0.15) is 31.2 Å². The van der Waals surface area contributed by atoms with Crippen molar-refractivity contribution in [3.63, 3.8) is 0 Å². The van der Waals surface area contributed by atoms with Gasteiger partial charge in [-0.3, -0.25) is 0 Å². The summed E-state index contributed by atoms with van der Waals surface area (Å²) >= 11 is 1.87. The van der Waals surface area contributed by atoms with Gasteiger partial charge in [-0.15, -0.1) is 11.3 Å². The van der Waals surface area contributed by atoms with Gasteiger partial charge in [0.05, 0.1) is 5.00 Å². The molecule has 1 rings (SSSR count). The molecular weight excluding hydrogens is 178 g/mol. The molecule has 0 aliphatic rings. The minimum absolute atomic E-state index is 0.715. The lowest BCUT2D eigenvalue weighted by Crippen LogP contribution is -2.07. The SMILES string of the molecule is CCc1cc(C)sc1NCC(C)C. The van der Waals surface area contributed by atoms with E-state index in [1.54, 1.807) is 0 Å². The highest BCUT2D eigenvalue weighted by Gasteiger charge is 2.04. The monoisotopic (exact) mass is 197 g/mol. The second-order valence-electron chi connectivity index (χ2n) is 3.84. The second-order valence-corrected chi connectivity index (χ2v) is 5.10. The number of hydrogen-bond donors (Lipinski definition) is 1. The van der Waals surface area contributed by atoms with Crippen molar-refractivity contribution in [3.8, 4) is 0 Å². The van der Waals surface area contributed by atoms with Gasteiger partial charge in [-0.2, -0.15) is 0 Å². The first-order chi connectivity index (χ1) is 6.13. The van der Waals surface area contributed by atoms with Crippen LogP contribution >= 0.6 is 11.3 Å². The van der Waals surface area contributed by atoms with Crippen molar-refractivity contribution in [2.45, 2.75) is 34.1 Å². The highest BCUT2D eigenvalue weighted by molar-refractivity contribution is 7.16. The number of anilines is 1. The maximum atomic E-state index is 3.50. The Morgan fingerprint density at radius 1 is 1.46 bits per heavy atom. The molecule has 0 unspecified atom stereocenters. The van der Waals surface area contributed by atoms with Gasteiger partial charge < -0.3 is 5.32 Å². The molecule has 0 aromatic carbocycles. The van der Waals surface area contributed by atoms with E-state index in [-0.39, 0.29) is 0 Å². The van der Waals surface area contributed by atoms with Crippen LogP contribution in [0.15, 0.2) is 6.07 Å². The van der Waals surface area contributed by atoms with Crippen LogP contribution in [-0.4, -0.2) is 6.54 Å². The molecule has 0 aliphatic heterocycles. The molecule has 0 spiro atoms. The molecule has 0 aliphatic carbocycles. The normalized spacial score (nSPS) is 10.8. The van der Waals surface area contributed by atoms with Crippen molar-refractivity contribution < 1.29 is 0 Å².